The van der Waals surface area contributed by atoms with Crippen LogP contribution in [0.3, 0.4) is 0 Å². The summed E-state index contributed by atoms with van der Waals surface area (Å²) in [5.41, 5.74) is -0.386. The van der Waals surface area contributed by atoms with Gasteiger partial charge in [-0.1, -0.05) is 11.6 Å². The van der Waals surface area contributed by atoms with E-state index in [1.165, 1.54) is 0 Å². The molecule has 0 N–H and O–H groups in total. The molecule has 1 atom stereocenters. The summed E-state index contributed by atoms with van der Waals surface area (Å²) in [4.78, 5) is 10.2. The zero-order valence-corrected chi connectivity index (χ0v) is 11.9. The summed E-state index contributed by atoms with van der Waals surface area (Å²) >= 11 is 11.1. The number of rotatable bonds is 1. The molecular formula is C7H3Cl2NaO4S. The summed E-state index contributed by atoms with van der Waals surface area (Å²) in [7, 11) is -2.57. The number of carboxylic acids is 1. The first-order chi connectivity index (χ1) is 6.43. The Morgan fingerprint density at radius 3 is 2.40 bits per heavy atom. The fourth-order valence-electron chi connectivity index (χ4n) is 0.888. The summed E-state index contributed by atoms with van der Waals surface area (Å²) in [6.07, 6.45) is 2.01. The van der Waals surface area contributed by atoms with Crippen LogP contribution >= 0.6 is 23.2 Å². The molecule has 0 saturated carbocycles. The molecule has 0 aromatic rings. The van der Waals surface area contributed by atoms with Crippen LogP contribution in [-0.2, 0) is 15.1 Å². The van der Waals surface area contributed by atoms with Crippen molar-refractivity contribution < 1.29 is 47.9 Å². The van der Waals surface area contributed by atoms with Crippen LogP contribution in [0.4, 0.5) is 0 Å². The smallest absolute Gasteiger partial charge is 0.545 e. The van der Waals surface area contributed by atoms with Gasteiger partial charge in [-0.25, -0.2) is 0 Å². The molecule has 0 heterocycles. The molecule has 8 heteroatoms. The predicted molar refractivity (Wildman–Crippen MR) is 50.6 cm³/mol. The van der Waals surface area contributed by atoms with Gasteiger partial charge in [0.25, 0.3) is 0 Å². The zero-order valence-electron chi connectivity index (χ0n) is 7.53. The van der Waals surface area contributed by atoms with E-state index in [1.54, 1.807) is 0 Å². The maximum Gasteiger partial charge on any atom is 1.00 e. The number of carbonyl (C=O) groups is 1. The number of carbonyl (C=O) groups excluding carboxylic acids is 1. The van der Waals surface area contributed by atoms with Gasteiger partial charge in [0, 0.05) is 10.6 Å². The van der Waals surface area contributed by atoms with Gasteiger partial charge in [0.2, 0.25) is 10.3 Å². The van der Waals surface area contributed by atoms with E-state index in [4.69, 9.17) is 23.2 Å². The monoisotopic (exact) mass is 276 g/mol. The van der Waals surface area contributed by atoms with Gasteiger partial charge >= 0.3 is 29.6 Å². The Balaban J connectivity index is 0.00000196. The number of aliphatic carboxylic acids is 1. The van der Waals surface area contributed by atoms with E-state index in [1.807, 2.05) is 0 Å². The molecular weight excluding hydrogens is 274 g/mol. The Kier molecular flexibility index (Phi) is 6.17. The van der Waals surface area contributed by atoms with Crippen molar-refractivity contribution in [2.75, 3.05) is 0 Å². The Bertz CT molecular complexity index is 469. The number of halogens is 2. The number of allylic oxidation sites excluding steroid dienone is 2. The average molecular weight is 277 g/mol. The number of hydrogen-bond donors (Lipinski definition) is 0. The minimum absolute atomic E-state index is 0. The number of alkyl halides is 1. The minimum Gasteiger partial charge on any atom is -0.545 e. The molecule has 0 radical (unpaired) electrons. The average Bonchev–Trinajstić information content (AvgIpc) is 2.02. The Hall–Kier alpha value is 0.220. The molecule has 0 fully saturated rings. The third-order valence-corrected chi connectivity index (χ3v) is 3.10. The normalized spacial score (nSPS) is 19.9. The van der Waals surface area contributed by atoms with E-state index >= 15 is 0 Å². The molecule has 1 aliphatic carbocycles. The van der Waals surface area contributed by atoms with Gasteiger partial charge in [-0.2, -0.15) is 8.42 Å². The van der Waals surface area contributed by atoms with Crippen molar-refractivity contribution in [2.45, 2.75) is 5.38 Å². The Labute approximate surface area is 119 Å². The zero-order chi connectivity index (χ0) is 10.9. The maximum atomic E-state index is 10.6. The molecule has 0 aromatic heterocycles. The fraction of sp³-hybridized carbons (Fsp3) is 0.143. The SMILES string of the molecule is O=C([O-])C1=CC(=S(=O)=O)C(Cl)C=C1Cl.[Na+]. The molecule has 1 aliphatic rings. The van der Waals surface area contributed by atoms with Crippen molar-refractivity contribution >= 4 is 44.3 Å². The van der Waals surface area contributed by atoms with Crippen LogP contribution in [0.15, 0.2) is 22.8 Å². The maximum absolute atomic E-state index is 10.6. The third kappa shape index (κ3) is 3.62. The van der Waals surface area contributed by atoms with Gasteiger partial charge in [0.1, 0.15) is 0 Å². The van der Waals surface area contributed by atoms with Crippen LogP contribution in [0.2, 0.25) is 0 Å². The van der Waals surface area contributed by atoms with E-state index in [0.717, 1.165) is 12.2 Å². The van der Waals surface area contributed by atoms with E-state index in [-0.39, 0.29) is 45.0 Å². The largest absolute Gasteiger partial charge is 1.00 e. The summed E-state index contributed by atoms with van der Waals surface area (Å²) in [6, 6.07) is 0. The molecule has 0 amide bonds. The van der Waals surface area contributed by atoms with Crippen LogP contribution < -0.4 is 34.7 Å². The summed E-state index contributed by atoms with van der Waals surface area (Å²) in [5.74, 6) is -1.54. The molecule has 0 saturated heterocycles. The van der Waals surface area contributed by atoms with Crippen LogP contribution in [0.25, 0.3) is 0 Å². The van der Waals surface area contributed by atoms with Crippen LogP contribution in [0.5, 0.6) is 0 Å². The van der Waals surface area contributed by atoms with Crippen molar-refractivity contribution in [2.24, 2.45) is 0 Å². The molecule has 0 bridgehead atoms. The minimum atomic E-state index is -2.57. The molecule has 0 spiro atoms. The van der Waals surface area contributed by atoms with Crippen molar-refractivity contribution in [1.29, 1.82) is 0 Å². The van der Waals surface area contributed by atoms with Gasteiger partial charge in [0.15, 0.2) is 0 Å². The van der Waals surface area contributed by atoms with E-state index in [2.05, 4.69) is 0 Å². The number of carboxylic acid groups (broad SMARTS) is 1. The summed E-state index contributed by atoms with van der Waals surface area (Å²) < 4.78 is 21.2. The number of hydrogen-bond acceptors (Lipinski definition) is 4. The standard InChI is InChI=1S/C7H4Cl2O4S.Na/c8-4-2-5(9)6(14(12)13)1-3(4)7(10)11;/h1-2,5H,(H,10,11);/q;+1/p-1. The molecule has 15 heavy (non-hydrogen) atoms. The first-order valence-corrected chi connectivity index (χ1v) is 5.23. The van der Waals surface area contributed by atoms with Gasteiger partial charge in [-0.3, -0.25) is 0 Å². The second-order valence-corrected chi connectivity index (χ2v) is 4.22. The van der Waals surface area contributed by atoms with Gasteiger partial charge in [-0.15, -0.1) is 11.6 Å². The Morgan fingerprint density at radius 2 is 2.00 bits per heavy atom. The summed E-state index contributed by atoms with van der Waals surface area (Å²) in [5, 5.41) is 9.41. The van der Waals surface area contributed by atoms with Crippen molar-refractivity contribution in [1.82, 2.24) is 0 Å². The predicted octanol–water partition coefficient (Wildman–Crippen LogP) is -3.54. The second-order valence-electron chi connectivity index (χ2n) is 2.40. The van der Waals surface area contributed by atoms with E-state index in [9.17, 15) is 18.3 Å². The second kappa shape index (κ2) is 6.08. The molecule has 1 rings (SSSR count). The topological polar surface area (TPSA) is 74.3 Å². The fourth-order valence-corrected chi connectivity index (χ4v) is 2.08. The molecule has 76 valence electrons. The van der Waals surface area contributed by atoms with Crippen molar-refractivity contribution in [3.05, 3.63) is 22.8 Å². The van der Waals surface area contributed by atoms with Gasteiger partial charge < -0.3 is 9.90 Å². The van der Waals surface area contributed by atoms with Crippen LogP contribution in [-0.4, -0.2) is 24.6 Å². The van der Waals surface area contributed by atoms with Crippen LogP contribution in [0, 0.1) is 0 Å². The first-order valence-electron chi connectivity index (χ1n) is 3.34. The van der Waals surface area contributed by atoms with Gasteiger partial charge in [0.05, 0.1) is 16.2 Å². The van der Waals surface area contributed by atoms with Crippen molar-refractivity contribution in [3.8, 4) is 0 Å². The van der Waals surface area contributed by atoms with Crippen molar-refractivity contribution in [3.63, 3.8) is 0 Å². The quantitative estimate of drug-likeness (QED) is 0.283. The van der Waals surface area contributed by atoms with Crippen LogP contribution in [0.1, 0.15) is 0 Å². The molecule has 0 aliphatic heterocycles. The summed E-state index contributed by atoms with van der Waals surface area (Å²) in [6.45, 7) is 0. The van der Waals surface area contributed by atoms with Gasteiger partial charge in [-0.05, 0) is 12.2 Å². The first kappa shape index (κ1) is 15.2. The molecule has 0 aromatic carbocycles. The molecule has 1 unspecified atom stereocenters. The van der Waals surface area contributed by atoms with E-state index < -0.39 is 21.6 Å². The molecule has 4 nitrogen and oxygen atoms in total. The Morgan fingerprint density at radius 1 is 1.47 bits per heavy atom. The third-order valence-electron chi connectivity index (χ3n) is 1.52. The van der Waals surface area contributed by atoms with E-state index in [0.29, 0.717) is 0 Å².